The van der Waals surface area contributed by atoms with E-state index < -0.39 is 10.3 Å². The summed E-state index contributed by atoms with van der Waals surface area (Å²) in [5, 5.41) is 4.63. The molecule has 0 atom stereocenters. The number of halogens is 1. The first-order chi connectivity index (χ1) is 5.97. The smallest absolute Gasteiger partial charge is 0.258 e. The Morgan fingerprint density at radius 2 is 2.23 bits per heavy atom. The minimum absolute atomic E-state index is 0.147. The van der Waals surface area contributed by atoms with Gasteiger partial charge in [-0.2, -0.15) is 8.42 Å². The summed E-state index contributed by atoms with van der Waals surface area (Å²) >= 11 is 3.19. The normalized spacial score (nSPS) is 11.5. The van der Waals surface area contributed by atoms with Crippen molar-refractivity contribution in [1.82, 2.24) is 4.98 Å². The summed E-state index contributed by atoms with van der Waals surface area (Å²) in [6.07, 6.45) is 1.54. The second-order valence-corrected chi connectivity index (χ2v) is 4.36. The van der Waals surface area contributed by atoms with Gasteiger partial charge in [0, 0.05) is 10.7 Å². The summed E-state index contributed by atoms with van der Waals surface area (Å²) in [6, 6.07) is 3.37. The van der Waals surface area contributed by atoms with Crippen molar-refractivity contribution in [2.24, 2.45) is 5.14 Å². The minimum Gasteiger partial charge on any atom is -0.258 e. The molecule has 1 rings (SSSR count). The lowest BCUT2D eigenvalue weighted by atomic mass is 10.4. The van der Waals surface area contributed by atoms with Gasteiger partial charge >= 0.3 is 10.3 Å². The molecule has 1 heterocycles. The van der Waals surface area contributed by atoms with Gasteiger partial charge in [-0.15, -0.1) is 0 Å². The molecule has 0 fully saturated rings. The number of hydrogen-bond acceptors (Lipinski definition) is 4. The molecular formula is C6H7BrN2O3S. The Morgan fingerprint density at radius 1 is 1.54 bits per heavy atom. The molecule has 1 aromatic rings. The van der Waals surface area contributed by atoms with Crippen LogP contribution in [0.1, 0.15) is 5.69 Å². The molecule has 13 heavy (non-hydrogen) atoms. The summed E-state index contributed by atoms with van der Waals surface area (Å²) < 4.78 is 25.9. The first kappa shape index (κ1) is 10.6. The zero-order valence-corrected chi connectivity index (χ0v) is 8.88. The van der Waals surface area contributed by atoms with E-state index in [9.17, 15) is 8.42 Å². The Kier molecular flexibility index (Phi) is 3.37. The second-order valence-electron chi connectivity index (χ2n) is 2.22. The SMILES string of the molecule is NS(=O)(=O)OCc1ccc(Br)cn1. The van der Waals surface area contributed by atoms with Crippen molar-refractivity contribution < 1.29 is 12.6 Å². The third-order valence-electron chi connectivity index (χ3n) is 1.16. The predicted octanol–water partition coefficient (Wildman–Crippen LogP) is 0.564. The van der Waals surface area contributed by atoms with E-state index in [1.54, 1.807) is 18.3 Å². The molecular weight excluding hydrogens is 260 g/mol. The lowest BCUT2D eigenvalue weighted by Crippen LogP contribution is -2.15. The fraction of sp³-hybridized carbons (Fsp3) is 0.167. The van der Waals surface area contributed by atoms with Gasteiger partial charge in [0.15, 0.2) is 0 Å². The molecule has 0 spiro atoms. The van der Waals surface area contributed by atoms with Gasteiger partial charge in [0.05, 0.1) is 5.69 Å². The summed E-state index contributed by atoms with van der Waals surface area (Å²) in [5.41, 5.74) is 0.497. The third kappa shape index (κ3) is 4.32. The van der Waals surface area contributed by atoms with E-state index in [4.69, 9.17) is 0 Å². The van der Waals surface area contributed by atoms with E-state index in [1.807, 2.05) is 0 Å². The summed E-state index contributed by atoms with van der Waals surface area (Å²) in [4.78, 5) is 3.89. The van der Waals surface area contributed by atoms with E-state index >= 15 is 0 Å². The highest BCUT2D eigenvalue weighted by Crippen LogP contribution is 2.08. The Balaban J connectivity index is 2.61. The fourth-order valence-corrected chi connectivity index (χ4v) is 1.15. The zero-order chi connectivity index (χ0) is 9.90. The maximum Gasteiger partial charge on any atom is 0.333 e. The van der Waals surface area contributed by atoms with Crippen molar-refractivity contribution >= 4 is 26.2 Å². The summed E-state index contributed by atoms with van der Waals surface area (Å²) in [6.45, 7) is -0.147. The Labute approximate surface area is 84.3 Å². The molecule has 7 heteroatoms. The predicted molar refractivity (Wildman–Crippen MR) is 49.8 cm³/mol. The van der Waals surface area contributed by atoms with Gasteiger partial charge in [0.1, 0.15) is 6.61 Å². The van der Waals surface area contributed by atoms with Crippen LogP contribution in [0.4, 0.5) is 0 Å². The van der Waals surface area contributed by atoms with E-state index in [-0.39, 0.29) is 6.61 Å². The second kappa shape index (κ2) is 4.14. The molecule has 0 saturated carbocycles. The zero-order valence-electron chi connectivity index (χ0n) is 6.47. The van der Waals surface area contributed by atoms with Crippen LogP contribution in [0.2, 0.25) is 0 Å². The van der Waals surface area contributed by atoms with E-state index in [1.165, 1.54) is 0 Å². The summed E-state index contributed by atoms with van der Waals surface area (Å²) in [7, 11) is -3.88. The van der Waals surface area contributed by atoms with Gasteiger partial charge < -0.3 is 0 Å². The molecule has 0 saturated heterocycles. The van der Waals surface area contributed by atoms with Gasteiger partial charge in [-0.3, -0.25) is 9.17 Å². The Hall–Kier alpha value is -0.500. The molecule has 0 aliphatic carbocycles. The van der Waals surface area contributed by atoms with E-state index in [2.05, 4.69) is 30.2 Å². The van der Waals surface area contributed by atoms with Crippen LogP contribution >= 0.6 is 15.9 Å². The Morgan fingerprint density at radius 3 is 2.69 bits per heavy atom. The van der Waals surface area contributed by atoms with Crippen LogP contribution in [0.3, 0.4) is 0 Å². The van der Waals surface area contributed by atoms with Gasteiger partial charge in [-0.25, -0.2) is 5.14 Å². The van der Waals surface area contributed by atoms with Gasteiger partial charge in [-0.1, -0.05) is 0 Å². The molecule has 0 aromatic carbocycles. The van der Waals surface area contributed by atoms with Gasteiger partial charge in [0.2, 0.25) is 0 Å². The topological polar surface area (TPSA) is 82.3 Å². The molecule has 0 aliphatic heterocycles. The molecule has 0 aliphatic rings. The number of pyridine rings is 1. The largest absolute Gasteiger partial charge is 0.333 e. The van der Waals surface area contributed by atoms with Crippen LogP contribution in [0, 0.1) is 0 Å². The van der Waals surface area contributed by atoms with Crippen molar-refractivity contribution in [1.29, 1.82) is 0 Å². The maximum atomic E-state index is 10.4. The number of aromatic nitrogens is 1. The van der Waals surface area contributed by atoms with E-state index in [0.29, 0.717) is 5.69 Å². The standard InChI is InChI=1S/C6H7BrN2O3S/c7-5-1-2-6(9-3-5)4-12-13(8,10)11/h1-3H,4H2,(H2,8,10,11). The van der Waals surface area contributed by atoms with Crippen LogP contribution in [0.15, 0.2) is 22.8 Å². The minimum atomic E-state index is -3.88. The summed E-state index contributed by atoms with van der Waals surface area (Å²) in [5.74, 6) is 0. The highest BCUT2D eigenvalue weighted by Gasteiger charge is 2.03. The van der Waals surface area contributed by atoms with Crippen molar-refractivity contribution in [2.75, 3.05) is 0 Å². The fourth-order valence-electron chi connectivity index (χ4n) is 0.634. The Bertz CT molecular complexity index is 375. The number of rotatable bonds is 3. The highest BCUT2D eigenvalue weighted by atomic mass is 79.9. The number of nitrogens with two attached hydrogens (primary N) is 1. The number of hydrogen-bond donors (Lipinski definition) is 1. The van der Waals surface area contributed by atoms with Gasteiger partial charge in [0.25, 0.3) is 0 Å². The van der Waals surface area contributed by atoms with Crippen LogP contribution in [0.5, 0.6) is 0 Å². The monoisotopic (exact) mass is 266 g/mol. The van der Waals surface area contributed by atoms with Crippen molar-refractivity contribution in [2.45, 2.75) is 6.61 Å². The first-order valence-electron chi connectivity index (χ1n) is 3.25. The van der Waals surface area contributed by atoms with Crippen molar-refractivity contribution in [3.05, 3.63) is 28.5 Å². The van der Waals surface area contributed by atoms with Gasteiger partial charge in [-0.05, 0) is 28.1 Å². The maximum absolute atomic E-state index is 10.4. The average molecular weight is 267 g/mol. The molecule has 0 radical (unpaired) electrons. The molecule has 5 nitrogen and oxygen atoms in total. The van der Waals surface area contributed by atoms with Crippen LogP contribution in [-0.2, 0) is 21.1 Å². The van der Waals surface area contributed by atoms with Crippen molar-refractivity contribution in [3.8, 4) is 0 Å². The van der Waals surface area contributed by atoms with E-state index in [0.717, 1.165) is 4.47 Å². The molecule has 1 aromatic heterocycles. The number of nitrogens with zero attached hydrogens (tertiary/aromatic N) is 1. The first-order valence-corrected chi connectivity index (χ1v) is 5.51. The van der Waals surface area contributed by atoms with Crippen molar-refractivity contribution in [3.63, 3.8) is 0 Å². The third-order valence-corrected chi connectivity index (χ3v) is 2.08. The van der Waals surface area contributed by atoms with Crippen LogP contribution in [0.25, 0.3) is 0 Å². The molecule has 0 bridgehead atoms. The molecule has 0 amide bonds. The lowest BCUT2D eigenvalue weighted by molar-refractivity contribution is 0.304. The molecule has 2 N–H and O–H groups in total. The molecule has 72 valence electrons. The van der Waals surface area contributed by atoms with Crippen LogP contribution in [-0.4, -0.2) is 13.4 Å². The quantitative estimate of drug-likeness (QED) is 0.867. The average Bonchev–Trinajstić information content (AvgIpc) is 2.02. The highest BCUT2D eigenvalue weighted by molar-refractivity contribution is 9.10. The van der Waals surface area contributed by atoms with Crippen LogP contribution < -0.4 is 5.14 Å². The molecule has 0 unspecified atom stereocenters. The lowest BCUT2D eigenvalue weighted by Gasteiger charge is -1.99.